The highest BCUT2D eigenvalue weighted by atomic mass is 32.1. The molecule has 1 aromatic rings. The van der Waals surface area contributed by atoms with Gasteiger partial charge in [-0.1, -0.05) is 0 Å². The summed E-state index contributed by atoms with van der Waals surface area (Å²) in [6.07, 6.45) is 1.90. The smallest absolute Gasteiger partial charge is 0.306 e. The lowest BCUT2D eigenvalue weighted by Gasteiger charge is -2.19. The van der Waals surface area contributed by atoms with E-state index in [0.29, 0.717) is 6.61 Å². The fourth-order valence-corrected chi connectivity index (χ4v) is 2.93. The molecule has 16 heavy (non-hydrogen) atoms. The summed E-state index contributed by atoms with van der Waals surface area (Å²) < 4.78 is 4.87. The van der Waals surface area contributed by atoms with Crippen molar-refractivity contribution >= 4 is 23.1 Å². The molecule has 0 aromatic carbocycles. The molecule has 0 saturated heterocycles. The molecule has 0 amide bonds. The second kappa shape index (κ2) is 4.78. The van der Waals surface area contributed by atoms with E-state index in [-0.39, 0.29) is 24.1 Å². The summed E-state index contributed by atoms with van der Waals surface area (Å²) in [6.45, 7) is 2.15. The van der Waals surface area contributed by atoms with Crippen molar-refractivity contribution in [2.24, 2.45) is 5.92 Å². The number of aryl methyl sites for hydroxylation is 1. The molecule has 0 unspecified atom stereocenters. The lowest BCUT2D eigenvalue weighted by atomic mass is 9.85. The van der Waals surface area contributed by atoms with Crippen LogP contribution in [0.15, 0.2) is 11.4 Å². The summed E-state index contributed by atoms with van der Waals surface area (Å²) in [5, 5.41) is 1.94. The number of hydrogen-bond donors (Lipinski definition) is 0. The van der Waals surface area contributed by atoms with E-state index in [1.54, 1.807) is 18.3 Å². The standard InChI is InChI=1S/C12H14O3S/c1-2-15-11(13)7-8-3-4-10-9(12(8)14)5-6-16-10/h5-6,8H,2-4,7H2,1H3/t8-/m0/s1. The fraction of sp³-hybridized carbons (Fsp3) is 0.500. The Balaban J connectivity index is 2.04. The van der Waals surface area contributed by atoms with Crippen LogP contribution in [0.3, 0.4) is 0 Å². The molecule has 0 radical (unpaired) electrons. The van der Waals surface area contributed by atoms with Gasteiger partial charge in [-0.2, -0.15) is 0 Å². The summed E-state index contributed by atoms with van der Waals surface area (Å²) in [7, 11) is 0. The average Bonchev–Trinajstić information content (AvgIpc) is 2.71. The van der Waals surface area contributed by atoms with Crippen LogP contribution in [0.2, 0.25) is 0 Å². The number of carbonyl (C=O) groups is 2. The van der Waals surface area contributed by atoms with E-state index in [1.807, 2.05) is 11.4 Å². The van der Waals surface area contributed by atoms with Crippen LogP contribution in [0.1, 0.15) is 35.0 Å². The van der Waals surface area contributed by atoms with Crippen LogP contribution in [0.5, 0.6) is 0 Å². The van der Waals surface area contributed by atoms with Crippen LogP contribution < -0.4 is 0 Å². The number of rotatable bonds is 3. The number of Topliss-reactive ketones (excluding diaryl/α,β-unsaturated/α-hetero) is 1. The summed E-state index contributed by atoms with van der Waals surface area (Å²) in [5.41, 5.74) is 0.811. The third kappa shape index (κ3) is 2.16. The number of carbonyl (C=O) groups excluding carboxylic acids is 2. The number of ketones is 1. The third-order valence-corrected chi connectivity index (χ3v) is 3.80. The van der Waals surface area contributed by atoms with Crippen molar-refractivity contribution in [2.45, 2.75) is 26.2 Å². The summed E-state index contributed by atoms with van der Waals surface area (Å²) in [4.78, 5) is 24.5. The first-order valence-corrected chi connectivity index (χ1v) is 6.36. The van der Waals surface area contributed by atoms with Crippen molar-refractivity contribution in [1.82, 2.24) is 0 Å². The van der Waals surface area contributed by atoms with Crippen molar-refractivity contribution in [3.8, 4) is 0 Å². The van der Waals surface area contributed by atoms with Crippen LogP contribution in [-0.4, -0.2) is 18.4 Å². The SMILES string of the molecule is CCOC(=O)C[C@@H]1CCc2sccc2C1=O. The highest BCUT2D eigenvalue weighted by Crippen LogP contribution is 2.31. The minimum Gasteiger partial charge on any atom is -0.466 e. The van der Waals surface area contributed by atoms with E-state index in [2.05, 4.69) is 0 Å². The molecule has 4 heteroatoms. The lowest BCUT2D eigenvalue weighted by Crippen LogP contribution is -2.24. The van der Waals surface area contributed by atoms with Gasteiger partial charge in [-0.3, -0.25) is 9.59 Å². The van der Waals surface area contributed by atoms with Gasteiger partial charge in [0.2, 0.25) is 0 Å². The maximum atomic E-state index is 12.0. The predicted octanol–water partition coefficient (Wildman–Crippen LogP) is 2.45. The zero-order chi connectivity index (χ0) is 11.5. The van der Waals surface area contributed by atoms with E-state index < -0.39 is 0 Å². The Hall–Kier alpha value is -1.16. The first-order chi connectivity index (χ1) is 7.72. The molecular weight excluding hydrogens is 224 g/mol. The zero-order valence-electron chi connectivity index (χ0n) is 9.19. The topological polar surface area (TPSA) is 43.4 Å². The van der Waals surface area contributed by atoms with Crippen molar-refractivity contribution in [3.05, 3.63) is 21.9 Å². The zero-order valence-corrected chi connectivity index (χ0v) is 10.0. The van der Waals surface area contributed by atoms with Crippen LogP contribution in [-0.2, 0) is 16.0 Å². The molecule has 3 nitrogen and oxygen atoms in total. The first-order valence-electron chi connectivity index (χ1n) is 5.48. The Labute approximate surface area is 98.4 Å². The average molecular weight is 238 g/mol. The number of ether oxygens (including phenoxy) is 1. The number of fused-ring (bicyclic) bond motifs is 1. The summed E-state index contributed by atoms with van der Waals surface area (Å²) in [6, 6.07) is 1.86. The molecule has 0 fully saturated rings. The number of thiophene rings is 1. The molecule has 0 aliphatic heterocycles. The van der Waals surface area contributed by atoms with E-state index in [4.69, 9.17) is 4.74 Å². The van der Waals surface area contributed by atoms with Gasteiger partial charge in [-0.05, 0) is 31.2 Å². The van der Waals surface area contributed by atoms with Crippen LogP contribution >= 0.6 is 11.3 Å². The second-order valence-electron chi connectivity index (χ2n) is 3.87. The Bertz CT molecular complexity index is 408. The number of hydrogen-bond acceptors (Lipinski definition) is 4. The minimum absolute atomic E-state index is 0.107. The van der Waals surface area contributed by atoms with Gasteiger partial charge >= 0.3 is 5.97 Å². The van der Waals surface area contributed by atoms with E-state index in [1.165, 1.54) is 0 Å². The maximum absolute atomic E-state index is 12.0. The summed E-state index contributed by atoms with van der Waals surface area (Å²) in [5.74, 6) is -0.337. The largest absolute Gasteiger partial charge is 0.466 e. The van der Waals surface area contributed by atoms with Gasteiger partial charge in [0.05, 0.1) is 13.0 Å². The molecule has 0 saturated carbocycles. The monoisotopic (exact) mass is 238 g/mol. The fourth-order valence-electron chi connectivity index (χ4n) is 2.03. The minimum atomic E-state index is -0.264. The van der Waals surface area contributed by atoms with Gasteiger partial charge in [0.1, 0.15) is 0 Å². The van der Waals surface area contributed by atoms with Gasteiger partial charge in [0.15, 0.2) is 5.78 Å². The highest BCUT2D eigenvalue weighted by Gasteiger charge is 2.30. The Morgan fingerprint density at radius 3 is 3.19 bits per heavy atom. The maximum Gasteiger partial charge on any atom is 0.306 e. The summed E-state index contributed by atoms with van der Waals surface area (Å²) >= 11 is 1.62. The molecule has 0 spiro atoms. The molecule has 0 bridgehead atoms. The first kappa shape index (κ1) is 11.3. The highest BCUT2D eigenvalue weighted by molar-refractivity contribution is 7.10. The van der Waals surface area contributed by atoms with Gasteiger partial charge in [0, 0.05) is 16.4 Å². The van der Waals surface area contributed by atoms with Gasteiger partial charge in [0.25, 0.3) is 0 Å². The molecule has 0 N–H and O–H groups in total. The Kier molecular flexibility index (Phi) is 3.39. The van der Waals surface area contributed by atoms with Crippen molar-refractivity contribution in [2.75, 3.05) is 6.61 Å². The second-order valence-corrected chi connectivity index (χ2v) is 4.87. The predicted molar refractivity (Wildman–Crippen MR) is 61.7 cm³/mol. The molecule has 1 atom stereocenters. The molecule has 86 valence electrons. The molecule has 1 aromatic heterocycles. The van der Waals surface area contributed by atoms with Crippen LogP contribution in [0.4, 0.5) is 0 Å². The molecule has 1 aliphatic rings. The van der Waals surface area contributed by atoms with Gasteiger partial charge < -0.3 is 4.74 Å². The molecular formula is C12H14O3S. The van der Waals surface area contributed by atoms with Crippen molar-refractivity contribution in [3.63, 3.8) is 0 Å². The normalized spacial score (nSPS) is 19.3. The Morgan fingerprint density at radius 1 is 1.62 bits per heavy atom. The molecule has 2 rings (SSSR count). The van der Waals surface area contributed by atoms with Crippen molar-refractivity contribution < 1.29 is 14.3 Å². The molecule has 1 aliphatic carbocycles. The molecule has 1 heterocycles. The van der Waals surface area contributed by atoms with Gasteiger partial charge in [-0.15, -0.1) is 11.3 Å². The van der Waals surface area contributed by atoms with E-state index in [0.717, 1.165) is 23.3 Å². The van der Waals surface area contributed by atoms with Gasteiger partial charge in [-0.25, -0.2) is 0 Å². The lowest BCUT2D eigenvalue weighted by molar-refractivity contribution is -0.143. The Morgan fingerprint density at radius 2 is 2.44 bits per heavy atom. The van der Waals surface area contributed by atoms with E-state index >= 15 is 0 Å². The quantitative estimate of drug-likeness (QED) is 0.760. The van der Waals surface area contributed by atoms with Crippen LogP contribution in [0, 0.1) is 5.92 Å². The number of esters is 1. The third-order valence-electron chi connectivity index (χ3n) is 2.82. The van der Waals surface area contributed by atoms with Crippen molar-refractivity contribution in [1.29, 1.82) is 0 Å². The van der Waals surface area contributed by atoms with E-state index in [9.17, 15) is 9.59 Å². The van der Waals surface area contributed by atoms with Crippen LogP contribution in [0.25, 0.3) is 0 Å².